The first-order valence-corrected chi connectivity index (χ1v) is 7.95. The zero-order valence-electron chi connectivity index (χ0n) is 13.5. The van der Waals surface area contributed by atoms with Crippen molar-refractivity contribution in [2.75, 3.05) is 18.4 Å². The second-order valence-electron chi connectivity index (χ2n) is 5.41. The molecule has 1 aromatic heterocycles. The standard InChI is InChI=1S/C18H18FN5O/c19-12-6-1-2-7-13(12)23-17-16(18(25)21-11-5-10-20)22-14-8-3-4-9-15(14)24-17/h1-4,6-9H,5,10-11,20H2,(H,21,25)(H,23,24). The number of amides is 1. The molecule has 0 unspecified atom stereocenters. The Labute approximate surface area is 144 Å². The van der Waals surface area contributed by atoms with E-state index in [0.29, 0.717) is 30.5 Å². The van der Waals surface area contributed by atoms with Crippen LogP contribution in [0.3, 0.4) is 0 Å². The largest absolute Gasteiger partial charge is 0.351 e. The van der Waals surface area contributed by atoms with Crippen molar-refractivity contribution >= 4 is 28.4 Å². The molecule has 0 radical (unpaired) electrons. The van der Waals surface area contributed by atoms with Crippen molar-refractivity contribution in [3.8, 4) is 0 Å². The third-order valence-electron chi connectivity index (χ3n) is 3.58. The van der Waals surface area contributed by atoms with Crippen molar-refractivity contribution < 1.29 is 9.18 Å². The predicted octanol–water partition coefficient (Wildman–Crippen LogP) is 2.59. The van der Waals surface area contributed by atoms with E-state index in [1.807, 2.05) is 12.1 Å². The topological polar surface area (TPSA) is 92.9 Å². The van der Waals surface area contributed by atoms with Crippen molar-refractivity contribution in [1.29, 1.82) is 0 Å². The summed E-state index contributed by atoms with van der Waals surface area (Å²) in [5, 5.41) is 5.62. The maximum Gasteiger partial charge on any atom is 0.273 e. The van der Waals surface area contributed by atoms with Gasteiger partial charge in [0.15, 0.2) is 11.5 Å². The van der Waals surface area contributed by atoms with E-state index < -0.39 is 5.82 Å². The van der Waals surface area contributed by atoms with Gasteiger partial charge in [0.25, 0.3) is 5.91 Å². The van der Waals surface area contributed by atoms with Gasteiger partial charge in [0.05, 0.1) is 16.7 Å². The van der Waals surface area contributed by atoms with Crippen LogP contribution in [0.15, 0.2) is 48.5 Å². The number of benzene rings is 2. The second kappa shape index (κ2) is 7.67. The molecule has 128 valence electrons. The van der Waals surface area contributed by atoms with Crippen LogP contribution in [0.5, 0.6) is 0 Å². The molecule has 0 spiro atoms. The Hall–Kier alpha value is -3.06. The fraction of sp³-hybridized carbons (Fsp3) is 0.167. The van der Waals surface area contributed by atoms with Gasteiger partial charge in [-0.3, -0.25) is 4.79 Å². The molecular weight excluding hydrogens is 321 g/mol. The molecule has 0 fully saturated rings. The lowest BCUT2D eigenvalue weighted by molar-refractivity contribution is 0.0949. The Balaban J connectivity index is 2.00. The predicted molar refractivity (Wildman–Crippen MR) is 95.2 cm³/mol. The summed E-state index contributed by atoms with van der Waals surface area (Å²) in [4.78, 5) is 21.3. The van der Waals surface area contributed by atoms with Crippen LogP contribution in [-0.2, 0) is 0 Å². The Morgan fingerprint density at radius 3 is 2.44 bits per heavy atom. The molecule has 1 heterocycles. The number of halogens is 1. The number of hydrogen-bond acceptors (Lipinski definition) is 5. The third kappa shape index (κ3) is 3.89. The van der Waals surface area contributed by atoms with Crippen LogP contribution >= 0.6 is 0 Å². The zero-order valence-corrected chi connectivity index (χ0v) is 13.5. The van der Waals surface area contributed by atoms with Gasteiger partial charge < -0.3 is 16.4 Å². The van der Waals surface area contributed by atoms with E-state index in [9.17, 15) is 9.18 Å². The van der Waals surface area contributed by atoms with Crippen LogP contribution in [0, 0.1) is 5.82 Å². The van der Waals surface area contributed by atoms with Crippen molar-refractivity contribution in [2.45, 2.75) is 6.42 Å². The van der Waals surface area contributed by atoms with E-state index >= 15 is 0 Å². The Morgan fingerprint density at radius 2 is 1.72 bits per heavy atom. The monoisotopic (exact) mass is 339 g/mol. The lowest BCUT2D eigenvalue weighted by Crippen LogP contribution is -2.28. The molecule has 3 rings (SSSR count). The molecule has 25 heavy (non-hydrogen) atoms. The number of fused-ring (bicyclic) bond motifs is 1. The summed E-state index contributed by atoms with van der Waals surface area (Å²) in [6, 6.07) is 13.4. The van der Waals surface area contributed by atoms with Crippen molar-refractivity contribution in [1.82, 2.24) is 15.3 Å². The number of nitrogens with zero attached hydrogens (tertiary/aromatic N) is 2. The van der Waals surface area contributed by atoms with E-state index in [1.165, 1.54) is 6.07 Å². The molecule has 0 bridgehead atoms. The van der Waals surface area contributed by atoms with Crippen LogP contribution in [0.4, 0.5) is 15.9 Å². The van der Waals surface area contributed by atoms with Crippen LogP contribution in [-0.4, -0.2) is 29.0 Å². The highest BCUT2D eigenvalue weighted by Crippen LogP contribution is 2.23. The SMILES string of the molecule is NCCCNC(=O)c1nc2ccccc2nc1Nc1ccccc1F. The van der Waals surface area contributed by atoms with Gasteiger partial charge in [0.1, 0.15) is 5.82 Å². The summed E-state index contributed by atoms with van der Waals surface area (Å²) in [5.74, 6) is -0.619. The number of carbonyl (C=O) groups is 1. The Bertz CT molecular complexity index is 900. The summed E-state index contributed by atoms with van der Waals surface area (Å²) in [7, 11) is 0. The highest BCUT2D eigenvalue weighted by molar-refractivity contribution is 5.99. The molecule has 0 aliphatic rings. The van der Waals surface area contributed by atoms with Crippen LogP contribution in [0.2, 0.25) is 0 Å². The number of carbonyl (C=O) groups excluding carboxylic acids is 1. The zero-order chi connectivity index (χ0) is 17.6. The Kier molecular flexibility index (Phi) is 5.15. The molecule has 4 N–H and O–H groups in total. The normalized spacial score (nSPS) is 10.6. The maximum atomic E-state index is 13.9. The summed E-state index contributed by atoms with van der Waals surface area (Å²) in [6.45, 7) is 0.910. The first-order chi connectivity index (χ1) is 12.2. The fourth-order valence-electron chi connectivity index (χ4n) is 2.32. The number of nitrogens with one attached hydrogen (secondary N) is 2. The molecule has 6 nitrogen and oxygen atoms in total. The van der Waals surface area contributed by atoms with Gasteiger partial charge in [0.2, 0.25) is 0 Å². The maximum absolute atomic E-state index is 13.9. The molecule has 0 aliphatic carbocycles. The minimum Gasteiger partial charge on any atom is -0.351 e. The molecule has 0 saturated carbocycles. The summed E-state index contributed by atoms with van der Waals surface area (Å²) >= 11 is 0. The number of para-hydroxylation sites is 3. The smallest absolute Gasteiger partial charge is 0.273 e. The van der Waals surface area contributed by atoms with Crippen molar-refractivity contribution in [3.63, 3.8) is 0 Å². The van der Waals surface area contributed by atoms with Crippen molar-refractivity contribution in [2.24, 2.45) is 5.73 Å². The molecule has 1 amide bonds. The second-order valence-corrected chi connectivity index (χ2v) is 5.41. The lowest BCUT2D eigenvalue weighted by Gasteiger charge is -2.12. The van der Waals surface area contributed by atoms with E-state index in [1.54, 1.807) is 30.3 Å². The minimum atomic E-state index is -0.438. The van der Waals surface area contributed by atoms with Crippen molar-refractivity contribution in [3.05, 3.63) is 60.0 Å². The Morgan fingerprint density at radius 1 is 1.04 bits per heavy atom. The average Bonchev–Trinajstić information content (AvgIpc) is 2.63. The summed E-state index contributed by atoms with van der Waals surface area (Å²) in [6.07, 6.45) is 0.656. The third-order valence-corrected chi connectivity index (χ3v) is 3.58. The molecular formula is C18H18FN5O. The van der Waals surface area contributed by atoms with E-state index in [0.717, 1.165) is 0 Å². The lowest BCUT2D eigenvalue weighted by atomic mass is 10.2. The number of aromatic nitrogens is 2. The molecule has 0 saturated heterocycles. The highest BCUT2D eigenvalue weighted by Gasteiger charge is 2.17. The number of hydrogen-bond donors (Lipinski definition) is 3. The van der Waals surface area contributed by atoms with Crippen LogP contribution < -0.4 is 16.4 Å². The molecule has 0 atom stereocenters. The van der Waals surface area contributed by atoms with Gasteiger partial charge in [-0.2, -0.15) is 0 Å². The first kappa shape index (κ1) is 16.8. The number of anilines is 2. The fourth-order valence-corrected chi connectivity index (χ4v) is 2.32. The molecule has 7 heteroatoms. The quantitative estimate of drug-likeness (QED) is 0.600. The van der Waals surface area contributed by atoms with Gasteiger partial charge in [0, 0.05) is 6.54 Å². The van der Waals surface area contributed by atoms with Crippen LogP contribution in [0.25, 0.3) is 11.0 Å². The number of nitrogens with two attached hydrogens (primary N) is 1. The molecule has 3 aromatic rings. The summed E-state index contributed by atoms with van der Waals surface area (Å²) < 4.78 is 13.9. The average molecular weight is 339 g/mol. The van der Waals surface area contributed by atoms with E-state index in [4.69, 9.17) is 5.73 Å². The minimum absolute atomic E-state index is 0.110. The van der Waals surface area contributed by atoms with E-state index in [-0.39, 0.29) is 23.1 Å². The number of rotatable bonds is 6. The van der Waals surface area contributed by atoms with Gasteiger partial charge >= 0.3 is 0 Å². The summed E-state index contributed by atoms with van der Waals surface area (Å²) in [5.41, 5.74) is 6.98. The van der Waals surface area contributed by atoms with Gasteiger partial charge in [-0.05, 0) is 37.2 Å². The molecule has 2 aromatic carbocycles. The first-order valence-electron chi connectivity index (χ1n) is 7.95. The van der Waals surface area contributed by atoms with Gasteiger partial charge in [-0.15, -0.1) is 0 Å². The van der Waals surface area contributed by atoms with Crippen LogP contribution in [0.1, 0.15) is 16.9 Å². The van der Waals surface area contributed by atoms with Gasteiger partial charge in [-0.25, -0.2) is 14.4 Å². The van der Waals surface area contributed by atoms with Gasteiger partial charge in [-0.1, -0.05) is 24.3 Å². The van der Waals surface area contributed by atoms with E-state index in [2.05, 4.69) is 20.6 Å². The molecule has 0 aliphatic heterocycles. The highest BCUT2D eigenvalue weighted by atomic mass is 19.1.